The van der Waals surface area contributed by atoms with Gasteiger partial charge in [-0.1, -0.05) is 0 Å². The minimum atomic E-state index is -0.242. The van der Waals surface area contributed by atoms with Crippen LogP contribution in [0.1, 0.15) is 4.88 Å². The lowest BCUT2D eigenvalue weighted by atomic mass is 10.2. The van der Waals surface area contributed by atoms with Crippen LogP contribution in [0.25, 0.3) is 10.6 Å². The van der Waals surface area contributed by atoms with Gasteiger partial charge in [-0.2, -0.15) is 0 Å². The van der Waals surface area contributed by atoms with Gasteiger partial charge in [-0.3, -0.25) is 0 Å². The number of nitrogens with zero attached hydrogens (tertiary/aromatic N) is 1. The minimum Gasteiger partial charge on any atom is -0.326 e. The normalized spacial score (nSPS) is 10.6. The van der Waals surface area contributed by atoms with E-state index in [-0.39, 0.29) is 5.82 Å². The van der Waals surface area contributed by atoms with Gasteiger partial charge in [0.15, 0.2) is 0 Å². The fourth-order valence-electron chi connectivity index (χ4n) is 1.17. The van der Waals surface area contributed by atoms with Gasteiger partial charge in [0.05, 0.1) is 4.88 Å². The van der Waals surface area contributed by atoms with Crippen LogP contribution in [0.4, 0.5) is 4.39 Å². The highest BCUT2D eigenvalue weighted by atomic mass is 79.9. The molecule has 2 N–H and O–H groups in total. The summed E-state index contributed by atoms with van der Waals surface area (Å²) in [6.45, 7) is 0.458. The molecule has 0 aliphatic heterocycles. The van der Waals surface area contributed by atoms with Crippen molar-refractivity contribution in [1.82, 2.24) is 4.98 Å². The Morgan fingerprint density at radius 2 is 2.00 bits per heavy atom. The number of hydrogen-bond donors (Lipinski definition) is 1. The Bertz CT molecular complexity index is 467. The van der Waals surface area contributed by atoms with E-state index in [1.807, 2.05) is 0 Å². The van der Waals surface area contributed by atoms with Crippen LogP contribution < -0.4 is 5.73 Å². The average Bonchev–Trinajstić information content (AvgIpc) is 2.61. The summed E-state index contributed by atoms with van der Waals surface area (Å²) in [5.74, 6) is -0.242. The maximum absolute atomic E-state index is 12.7. The summed E-state index contributed by atoms with van der Waals surface area (Å²) in [4.78, 5) is 5.31. The Kier molecular flexibility index (Phi) is 3.14. The highest BCUT2D eigenvalue weighted by molar-refractivity contribution is 9.10. The first-order valence-corrected chi connectivity index (χ1v) is 5.93. The number of benzene rings is 1. The van der Waals surface area contributed by atoms with Gasteiger partial charge in [-0.25, -0.2) is 9.37 Å². The molecule has 0 radical (unpaired) electrons. The van der Waals surface area contributed by atoms with Crippen LogP contribution in [0, 0.1) is 5.82 Å². The Morgan fingerprint density at radius 3 is 2.53 bits per heavy atom. The average molecular weight is 287 g/mol. The molecule has 0 spiro atoms. The fourth-order valence-corrected chi connectivity index (χ4v) is 2.71. The van der Waals surface area contributed by atoms with Crippen LogP contribution in [0.5, 0.6) is 0 Å². The molecule has 0 atom stereocenters. The van der Waals surface area contributed by atoms with E-state index in [9.17, 15) is 4.39 Å². The summed E-state index contributed by atoms with van der Waals surface area (Å²) in [5, 5.41) is 0.849. The molecule has 0 fully saturated rings. The van der Waals surface area contributed by atoms with Crippen LogP contribution in [-0.2, 0) is 6.54 Å². The predicted molar refractivity (Wildman–Crippen MR) is 63.1 cm³/mol. The number of thiazole rings is 1. The van der Waals surface area contributed by atoms with E-state index in [1.165, 1.54) is 23.5 Å². The zero-order valence-corrected chi connectivity index (χ0v) is 10.1. The van der Waals surface area contributed by atoms with Crippen molar-refractivity contribution in [3.63, 3.8) is 0 Å². The second-order valence-corrected chi connectivity index (χ2v) is 4.78. The standard InChI is InChI=1S/C10H8BrFN2S/c11-9-8(5-13)15-10(14-9)6-1-3-7(12)4-2-6/h1-4H,5,13H2. The largest absolute Gasteiger partial charge is 0.326 e. The molecule has 78 valence electrons. The molecule has 1 heterocycles. The molecule has 0 bridgehead atoms. The number of nitrogens with two attached hydrogens (primary N) is 1. The van der Waals surface area contributed by atoms with Crippen LogP contribution in [0.2, 0.25) is 0 Å². The van der Waals surface area contributed by atoms with E-state index in [1.54, 1.807) is 12.1 Å². The summed E-state index contributed by atoms with van der Waals surface area (Å²) in [6.07, 6.45) is 0. The monoisotopic (exact) mass is 286 g/mol. The van der Waals surface area contributed by atoms with E-state index in [0.29, 0.717) is 6.54 Å². The van der Waals surface area contributed by atoms with Crippen molar-refractivity contribution in [1.29, 1.82) is 0 Å². The van der Waals surface area contributed by atoms with Crippen LogP contribution in [-0.4, -0.2) is 4.98 Å². The minimum absolute atomic E-state index is 0.242. The Balaban J connectivity index is 2.41. The third-order valence-corrected chi connectivity index (χ3v) is 3.97. The molecule has 0 amide bonds. The lowest BCUT2D eigenvalue weighted by Gasteiger charge is -1.94. The number of rotatable bonds is 2. The maximum Gasteiger partial charge on any atom is 0.124 e. The summed E-state index contributed by atoms with van der Waals surface area (Å²) in [6, 6.07) is 6.27. The van der Waals surface area contributed by atoms with Crippen molar-refractivity contribution >= 4 is 27.3 Å². The van der Waals surface area contributed by atoms with E-state index in [2.05, 4.69) is 20.9 Å². The van der Waals surface area contributed by atoms with Gasteiger partial charge in [0.25, 0.3) is 0 Å². The van der Waals surface area contributed by atoms with E-state index in [4.69, 9.17) is 5.73 Å². The van der Waals surface area contributed by atoms with Crippen LogP contribution in [0.15, 0.2) is 28.9 Å². The quantitative estimate of drug-likeness (QED) is 0.921. The van der Waals surface area contributed by atoms with E-state index >= 15 is 0 Å². The highest BCUT2D eigenvalue weighted by Gasteiger charge is 2.08. The molecule has 15 heavy (non-hydrogen) atoms. The van der Waals surface area contributed by atoms with Crippen molar-refractivity contribution in [2.45, 2.75) is 6.54 Å². The maximum atomic E-state index is 12.7. The highest BCUT2D eigenvalue weighted by Crippen LogP contribution is 2.30. The SMILES string of the molecule is NCc1sc(-c2ccc(F)cc2)nc1Br. The third kappa shape index (κ3) is 2.25. The molecule has 5 heteroatoms. The first kappa shape index (κ1) is 10.7. The second-order valence-electron chi connectivity index (χ2n) is 2.94. The molecule has 0 unspecified atom stereocenters. The van der Waals surface area contributed by atoms with Gasteiger partial charge in [0.2, 0.25) is 0 Å². The van der Waals surface area contributed by atoms with Crippen molar-refractivity contribution in [3.8, 4) is 10.6 Å². The number of halogens is 2. The van der Waals surface area contributed by atoms with E-state index in [0.717, 1.165) is 20.1 Å². The lowest BCUT2D eigenvalue weighted by molar-refractivity contribution is 0.628. The Hall–Kier alpha value is -0.780. The first-order valence-electron chi connectivity index (χ1n) is 4.32. The zero-order valence-electron chi connectivity index (χ0n) is 7.71. The summed E-state index contributed by atoms with van der Waals surface area (Å²) >= 11 is 4.85. The molecular formula is C10H8BrFN2S. The molecule has 2 rings (SSSR count). The topological polar surface area (TPSA) is 38.9 Å². The van der Waals surface area contributed by atoms with Crippen molar-refractivity contribution in [3.05, 3.63) is 39.6 Å². The van der Waals surface area contributed by atoms with Crippen molar-refractivity contribution in [2.75, 3.05) is 0 Å². The summed E-state index contributed by atoms with van der Waals surface area (Å²) in [7, 11) is 0. The number of aromatic nitrogens is 1. The Labute approximate surface area is 99.1 Å². The molecule has 2 nitrogen and oxygen atoms in total. The molecule has 2 aromatic rings. The molecule has 1 aromatic heterocycles. The molecule has 0 aliphatic carbocycles. The van der Waals surface area contributed by atoms with Gasteiger partial charge in [0, 0.05) is 12.1 Å². The summed E-state index contributed by atoms with van der Waals surface area (Å²) in [5.41, 5.74) is 6.45. The second kappa shape index (κ2) is 4.38. The predicted octanol–water partition coefficient (Wildman–Crippen LogP) is 3.17. The van der Waals surface area contributed by atoms with Crippen molar-refractivity contribution in [2.24, 2.45) is 5.73 Å². The van der Waals surface area contributed by atoms with Crippen LogP contribution in [0.3, 0.4) is 0 Å². The first-order chi connectivity index (χ1) is 7.20. The molecule has 0 saturated heterocycles. The lowest BCUT2D eigenvalue weighted by Crippen LogP contribution is -1.92. The zero-order chi connectivity index (χ0) is 10.8. The third-order valence-electron chi connectivity index (χ3n) is 1.93. The summed E-state index contributed by atoms with van der Waals surface area (Å²) < 4.78 is 13.5. The van der Waals surface area contributed by atoms with Crippen molar-refractivity contribution < 1.29 is 4.39 Å². The van der Waals surface area contributed by atoms with Gasteiger partial charge in [-0.05, 0) is 40.2 Å². The fraction of sp³-hybridized carbons (Fsp3) is 0.100. The van der Waals surface area contributed by atoms with Gasteiger partial charge in [-0.15, -0.1) is 11.3 Å². The van der Waals surface area contributed by atoms with Gasteiger partial charge in [0.1, 0.15) is 15.4 Å². The Morgan fingerprint density at radius 1 is 1.33 bits per heavy atom. The van der Waals surface area contributed by atoms with Gasteiger partial charge < -0.3 is 5.73 Å². The molecule has 0 saturated carbocycles. The van der Waals surface area contributed by atoms with E-state index < -0.39 is 0 Å². The molecule has 1 aromatic carbocycles. The van der Waals surface area contributed by atoms with Gasteiger partial charge >= 0.3 is 0 Å². The molecule has 0 aliphatic rings. The number of hydrogen-bond acceptors (Lipinski definition) is 3. The smallest absolute Gasteiger partial charge is 0.124 e. The molecular weight excluding hydrogens is 279 g/mol. The van der Waals surface area contributed by atoms with Crippen LogP contribution >= 0.6 is 27.3 Å².